The third kappa shape index (κ3) is 9.25. The molecule has 22 heteroatoms. The van der Waals surface area contributed by atoms with Gasteiger partial charge in [0.15, 0.2) is 30.9 Å². The van der Waals surface area contributed by atoms with Crippen molar-refractivity contribution in [3.63, 3.8) is 0 Å². The number of fused-ring (bicyclic) bond motifs is 5. The Labute approximate surface area is 420 Å². The Morgan fingerprint density at radius 3 is 1.85 bits per heavy atom. The lowest BCUT2D eigenvalue weighted by molar-refractivity contribution is -0.373. The minimum Gasteiger partial charge on any atom is -0.462 e. The number of rotatable bonds is 14. The summed E-state index contributed by atoms with van der Waals surface area (Å²) in [5, 5.41) is 89.5. The number of hydrogen-bond acceptors (Lipinski definition) is 22. The van der Waals surface area contributed by atoms with Crippen LogP contribution in [-0.2, 0) is 66.4 Å². The molecule has 22 nitrogen and oxygen atoms in total. The summed E-state index contributed by atoms with van der Waals surface area (Å²) < 4.78 is 73.5. The van der Waals surface area contributed by atoms with Crippen LogP contribution in [0, 0.1) is 16.7 Å². The van der Waals surface area contributed by atoms with Crippen LogP contribution >= 0.6 is 0 Å². The highest BCUT2D eigenvalue weighted by molar-refractivity contribution is 5.87. The van der Waals surface area contributed by atoms with Crippen LogP contribution in [0.25, 0.3) is 0 Å². The molecule has 26 atom stereocenters. The van der Waals surface area contributed by atoms with E-state index in [2.05, 4.69) is 6.92 Å². The highest BCUT2D eigenvalue weighted by Gasteiger charge is 2.81. The second-order valence-corrected chi connectivity index (χ2v) is 22.1. The number of ketones is 1. The van der Waals surface area contributed by atoms with Gasteiger partial charge in [-0.2, -0.15) is 0 Å². The average molecular weight is 1030 g/mol. The summed E-state index contributed by atoms with van der Waals surface area (Å²) in [5.41, 5.74) is -6.88. The first kappa shape index (κ1) is 56.3. The Hall–Kier alpha value is -1.88. The highest BCUT2D eigenvalue weighted by Crippen LogP contribution is 2.71. The summed E-state index contributed by atoms with van der Waals surface area (Å²) in [4.78, 5) is 25.6. The molecule has 4 heterocycles. The maximum absolute atomic E-state index is 13.0. The Morgan fingerprint density at radius 2 is 1.26 bits per heavy atom. The highest BCUT2D eigenvalue weighted by atomic mass is 16.8. The molecule has 72 heavy (non-hydrogen) atoms. The van der Waals surface area contributed by atoms with E-state index in [-0.39, 0.29) is 38.2 Å². The fourth-order valence-electron chi connectivity index (χ4n) is 14.1. The van der Waals surface area contributed by atoms with Crippen LogP contribution in [0.5, 0.6) is 0 Å². The van der Waals surface area contributed by atoms with Crippen molar-refractivity contribution in [3.8, 4) is 0 Å². The van der Waals surface area contributed by atoms with E-state index in [0.717, 1.165) is 5.57 Å². The topological polar surface area (TPSA) is 307 Å². The molecule has 0 bridgehead atoms. The normalized spacial score (nSPS) is 52.6. The van der Waals surface area contributed by atoms with Gasteiger partial charge in [-0.1, -0.05) is 18.6 Å². The van der Waals surface area contributed by atoms with E-state index in [4.69, 9.17) is 56.8 Å². The lowest BCUT2D eigenvalue weighted by Crippen LogP contribution is -2.78. The smallest absolute Gasteiger partial charge is 0.302 e. The Balaban J connectivity index is 0.872. The third-order valence-corrected chi connectivity index (χ3v) is 18.4. The van der Waals surface area contributed by atoms with Crippen LogP contribution < -0.4 is 0 Å². The van der Waals surface area contributed by atoms with Crippen molar-refractivity contribution in [2.75, 3.05) is 27.9 Å². The first-order chi connectivity index (χ1) is 33.9. The van der Waals surface area contributed by atoms with Gasteiger partial charge in [0.25, 0.3) is 0 Å². The first-order valence-corrected chi connectivity index (χ1v) is 25.6. The molecule has 8 rings (SSSR count). The van der Waals surface area contributed by atoms with Gasteiger partial charge < -0.3 is 97.7 Å². The maximum Gasteiger partial charge on any atom is 0.302 e. The fraction of sp³-hybridized carbons (Fsp3) is 0.920. The zero-order valence-corrected chi connectivity index (χ0v) is 43.1. The van der Waals surface area contributed by atoms with Crippen LogP contribution in [0.2, 0.25) is 0 Å². The van der Waals surface area contributed by atoms with Crippen molar-refractivity contribution in [2.45, 2.75) is 246 Å². The maximum atomic E-state index is 13.0. The summed E-state index contributed by atoms with van der Waals surface area (Å²) >= 11 is 0. The zero-order valence-electron chi connectivity index (χ0n) is 43.1. The van der Waals surface area contributed by atoms with E-state index in [0.29, 0.717) is 25.7 Å². The molecule has 3 saturated carbocycles. The summed E-state index contributed by atoms with van der Waals surface area (Å²) in [7, 11) is 4.48. The predicted molar refractivity (Wildman–Crippen MR) is 245 cm³/mol. The Kier molecular flexibility index (Phi) is 16.6. The number of aliphatic hydroxyl groups excluding tert-OH is 5. The summed E-state index contributed by atoms with van der Waals surface area (Å²) in [6.45, 7) is 10.8. The molecule has 0 unspecified atom stereocenters. The van der Waals surface area contributed by atoms with Crippen molar-refractivity contribution in [1.82, 2.24) is 0 Å². The van der Waals surface area contributed by atoms with Gasteiger partial charge in [-0.15, -0.1) is 0 Å². The molecule has 8 aliphatic rings. The van der Waals surface area contributed by atoms with E-state index < -0.39 is 169 Å². The van der Waals surface area contributed by atoms with Gasteiger partial charge in [0, 0.05) is 47.0 Å². The number of esters is 1. The molecule has 0 aromatic carbocycles. The monoisotopic (exact) mass is 1030 g/mol. The van der Waals surface area contributed by atoms with Crippen molar-refractivity contribution < 1.29 is 107 Å². The largest absolute Gasteiger partial charge is 0.462 e. The minimum atomic E-state index is -2.01. The third-order valence-electron chi connectivity index (χ3n) is 18.4. The van der Waals surface area contributed by atoms with Gasteiger partial charge in [-0.05, 0) is 85.0 Å². The van der Waals surface area contributed by atoms with Gasteiger partial charge in [0.2, 0.25) is 0 Å². The molecule has 0 amide bonds. The summed E-state index contributed by atoms with van der Waals surface area (Å²) in [6, 6.07) is 0. The van der Waals surface area contributed by atoms with Crippen LogP contribution in [-0.4, -0.2) is 220 Å². The van der Waals surface area contributed by atoms with E-state index in [9.17, 15) is 50.4 Å². The summed E-state index contributed by atoms with van der Waals surface area (Å²) in [6.07, 6.45) is -15.1. The average Bonchev–Trinajstić information content (AvgIpc) is 3.57. The van der Waals surface area contributed by atoms with Gasteiger partial charge in [0.1, 0.15) is 77.8 Å². The van der Waals surface area contributed by atoms with Gasteiger partial charge in [-0.25, -0.2) is 0 Å². The first-order valence-electron chi connectivity index (χ1n) is 25.6. The van der Waals surface area contributed by atoms with E-state index >= 15 is 0 Å². The molecule has 4 saturated heterocycles. The predicted octanol–water partition coefficient (Wildman–Crippen LogP) is -0.198. The number of hydrogen-bond donors (Lipinski definition) is 8. The van der Waals surface area contributed by atoms with Crippen LogP contribution in [0.1, 0.15) is 106 Å². The second kappa shape index (κ2) is 21.2. The number of ether oxygens (including phenoxy) is 12. The molecule has 4 aliphatic carbocycles. The Morgan fingerprint density at radius 1 is 0.681 bits per heavy atom. The standard InChI is InChI=1S/C50H80O22/c1-22-40(70-35-19-30(62-9)41(23(2)65-35)71-45-39(57)43(63-10)42(24(3)66-45)72-44-38(56)37(55)36(54)31(21-51)69-44)29(61-8)18-34(64-22)68-28-12-13-46(6)27(17-28)11-14-49(59)32(46)20-33(67-26(5)53)47(7)48(58,25(4)52)15-16-50(47,49)60/h11,22-24,28-45,51,54-60H,12-21H2,1-10H3/t22-,23-,24-,28+,29+,30-,31-,32-,33-,34+,35+,36-,37+,38-,39-,40-,41-,42-,43-,44+,45-,46+,47-,48-,49+,50-/m1/s1. The summed E-state index contributed by atoms with van der Waals surface area (Å²) in [5.74, 6) is -1.71. The SMILES string of the molecule is CO[C@@H]1[C@@H](O)[C@@H](O[C@@H]2[C@@H](C)O[C@@H](O[C@H]3[C@@H](OC)C[C@H](O[C@H]4CC[C@@]5(C)C(=CC[C@]6(O)[C@@H]5C[C@@H](OC(C)=O)[C@@]5(C)[C@]6(O)CC[C@@]5(O)C(C)=O)C4)O[C@@H]3C)C[C@H]2OC)O[C@H](C)[C@H]1O[C@@H]1O[C@H](CO)[C@@H](O)[C@H](O)[C@H]1O. The van der Waals surface area contributed by atoms with Gasteiger partial charge in [-0.3, -0.25) is 9.59 Å². The van der Waals surface area contributed by atoms with Crippen LogP contribution in [0.4, 0.5) is 0 Å². The molecule has 7 fully saturated rings. The molecular formula is C50H80O22. The van der Waals surface area contributed by atoms with Crippen molar-refractivity contribution >= 4 is 11.8 Å². The number of Topliss-reactive ketones (excluding diaryl/α,β-unsaturated/α-hetero) is 1. The number of carbonyl (C=O) groups excluding carboxylic acids is 2. The molecule has 0 radical (unpaired) electrons. The lowest BCUT2D eigenvalue weighted by atomic mass is 9.42. The molecule has 4 aliphatic heterocycles. The number of methoxy groups -OCH3 is 3. The van der Waals surface area contributed by atoms with Crippen LogP contribution in [0.3, 0.4) is 0 Å². The van der Waals surface area contributed by atoms with Gasteiger partial charge >= 0.3 is 5.97 Å². The Bertz CT molecular complexity index is 1960. The molecule has 0 aromatic rings. The minimum absolute atomic E-state index is 0.0398. The quantitative estimate of drug-likeness (QED) is 0.0826. The van der Waals surface area contributed by atoms with Crippen molar-refractivity contribution in [1.29, 1.82) is 0 Å². The van der Waals surface area contributed by atoms with Gasteiger partial charge in [0.05, 0.1) is 48.6 Å². The molecular weight excluding hydrogens is 953 g/mol. The second-order valence-electron chi connectivity index (χ2n) is 22.1. The molecule has 0 aromatic heterocycles. The van der Waals surface area contributed by atoms with Crippen LogP contribution in [0.15, 0.2) is 11.6 Å². The van der Waals surface area contributed by atoms with E-state index in [1.54, 1.807) is 27.9 Å². The van der Waals surface area contributed by atoms with Crippen molar-refractivity contribution in [2.24, 2.45) is 16.7 Å². The lowest BCUT2D eigenvalue weighted by Gasteiger charge is -2.67. The molecule has 0 spiro atoms. The fourth-order valence-corrected chi connectivity index (χ4v) is 14.1. The number of aliphatic hydroxyl groups is 8. The zero-order chi connectivity index (χ0) is 52.6. The molecule has 412 valence electrons. The van der Waals surface area contributed by atoms with E-state index in [1.807, 2.05) is 13.0 Å². The van der Waals surface area contributed by atoms with Crippen molar-refractivity contribution in [3.05, 3.63) is 11.6 Å². The van der Waals surface area contributed by atoms with E-state index in [1.165, 1.54) is 28.1 Å². The molecule has 8 N–H and O–H groups in total. The number of carbonyl (C=O) groups is 2.